The fourth-order valence-electron chi connectivity index (χ4n) is 2.30. The summed E-state index contributed by atoms with van der Waals surface area (Å²) in [5.74, 6) is -0.338. The topological polar surface area (TPSA) is 94.2 Å². The Balaban J connectivity index is 2.13. The summed E-state index contributed by atoms with van der Waals surface area (Å²) in [5.41, 5.74) is 1.85. The molecule has 0 spiro atoms. The van der Waals surface area contributed by atoms with Crippen LogP contribution in [0.4, 0.5) is 4.79 Å². The lowest BCUT2D eigenvalue weighted by molar-refractivity contribution is -0.122. The van der Waals surface area contributed by atoms with E-state index in [1.54, 1.807) is 12.3 Å². The molecule has 0 radical (unpaired) electrons. The zero-order valence-electron chi connectivity index (χ0n) is 12.1. The number of aromatic nitrogens is 1. The largest absolute Gasteiger partial charge is 0.465 e. The van der Waals surface area contributed by atoms with Gasteiger partial charge in [0.2, 0.25) is 5.91 Å². The van der Waals surface area contributed by atoms with Crippen LogP contribution < -0.4 is 10.6 Å². The zero-order valence-corrected chi connectivity index (χ0v) is 12.1. The maximum absolute atomic E-state index is 12.1. The van der Waals surface area contributed by atoms with Gasteiger partial charge in [-0.15, -0.1) is 6.58 Å². The number of nitrogens with one attached hydrogen (secondary N) is 3. The lowest BCUT2D eigenvalue weighted by Crippen LogP contribution is -2.47. The number of aromatic amines is 1. The molecule has 0 bridgehead atoms. The first-order valence-corrected chi connectivity index (χ1v) is 7.05. The molecule has 2 aromatic rings. The Morgan fingerprint density at radius 3 is 2.86 bits per heavy atom. The standard InChI is InChI=1S/C16H19N3O3/c1-2-3-8-17-15(20)14(19-16(21)22)9-11-10-18-13-7-5-4-6-12(11)13/h2,4-7,10,14,18-19H,1,3,8-9H2,(H,17,20)(H,21,22)/t14-/m0/s1. The van der Waals surface area contributed by atoms with Crippen LogP contribution in [0, 0.1) is 0 Å². The lowest BCUT2D eigenvalue weighted by atomic mass is 10.0. The highest BCUT2D eigenvalue weighted by atomic mass is 16.4. The van der Waals surface area contributed by atoms with E-state index in [-0.39, 0.29) is 12.3 Å². The summed E-state index contributed by atoms with van der Waals surface area (Å²) in [6.45, 7) is 4.02. The number of rotatable bonds is 7. The predicted octanol–water partition coefficient (Wildman–Crippen LogP) is 2.04. The smallest absolute Gasteiger partial charge is 0.405 e. The van der Waals surface area contributed by atoms with Crippen molar-refractivity contribution in [2.24, 2.45) is 0 Å². The van der Waals surface area contributed by atoms with E-state index in [2.05, 4.69) is 22.2 Å². The molecule has 0 fully saturated rings. The first kappa shape index (κ1) is 15.6. The molecule has 0 aliphatic rings. The van der Waals surface area contributed by atoms with Crippen molar-refractivity contribution in [2.75, 3.05) is 6.54 Å². The number of benzene rings is 1. The molecule has 0 saturated carbocycles. The molecule has 6 heteroatoms. The van der Waals surface area contributed by atoms with Gasteiger partial charge < -0.3 is 20.7 Å². The average Bonchev–Trinajstić information content (AvgIpc) is 2.90. The van der Waals surface area contributed by atoms with Crippen molar-refractivity contribution < 1.29 is 14.7 Å². The maximum atomic E-state index is 12.1. The second-order valence-corrected chi connectivity index (χ2v) is 4.93. The van der Waals surface area contributed by atoms with Gasteiger partial charge >= 0.3 is 6.09 Å². The highest BCUT2D eigenvalue weighted by Gasteiger charge is 2.21. The maximum Gasteiger partial charge on any atom is 0.405 e. The fraction of sp³-hybridized carbons (Fsp3) is 0.250. The third kappa shape index (κ3) is 3.88. The van der Waals surface area contributed by atoms with Crippen LogP contribution in [0.15, 0.2) is 43.1 Å². The summed E-state index contributed by atoms with van der Waals surface area (Å²) in [5, 5.41) is 14.9. The number of H-pyrrole nitrogens is 1. The van der Waals surface area contributed by atoms with E-state index < -0.39 is 12.1 Å². The van der Waals surface area contributed by atoms with E-state index in [1.807, 2.05) is 24.3 Å². The molecule has 0 saturated heterocycles. The number of hydrogen-bond acceptors (Lipinski definition) is 2. The first-order chi connectivity index (χ1) is 10.6. The van der Waals surface area contributed by atoms with Crippen LogP contribution in [0.5, 0.6) is 0 Å². The molecule has 4 N–H and O–H groups in total. The highest BCUT2D eigenvalue weighted by molar-refractivity contribution is 5.88. The number of fused-ring (bicyclic) bond motifs is 1. The quantitative estimate of drug-likeness (QED) is 0.465. The van der Waals surface area contributed by atoms with Gasteiger partial charge in [0, 0.05) is 30.1 Å². The fourth-order valence-corrected chi connectivity index (χ4v) is 2.30. The molecule has 1 atom stereocenters. The third-order valence-electron chi connectivity index (χ3n) is 3.36. The summed E-state index contributed by atoms with van der Waals surface area (Å²) in [6.07, 6.45) is 3.20. The van der Waals surface area contributed by atoms with E-state index in [9.17, 15) is 9.59 Å². The Hall–Kier alpha value is -2.76. The van der Waals surface area contributed by atoms with Gasteiger partial charge in [-0.25, -0.2) is 4.79 Å². The number of carbonyl (C=O) groups excluding carboxylic acids is 1. The summed E-state index contributed by atoms with van der Waals surface area (Å²) < 4.78 is 0. The molecule has 0 unspecified atom stereocenters. The van der Waals surface area contributed by atoms with Crippen molar-refractivity contribution in [3.05, 3.63) is 48.7 Å². The Bertz CT molecular complexity index is 678. The number of carbonyl (C=O) groups is 2. The molecule has 1 heterocycles. The molecule has 2 amide bonds. The molecular weight excluding hydrogens is 282 g/mol. The van der Waals surface area contributed by atoms with Crippen molar-refractivity contribution in [3.8, 4) is 0 Å². The summed E-state index contributed by atoms with van der Waals surface area (Å²) >= 11 is 0. The van der Waals surface area contributed by atoms with Gasteiger partial charge in [-0.05, 0) is 18.1 Å². The third-order valence-corrected chi connectivity index (χ3v) is 3.36. The Morgan fingerprint density at radius 1 is 1.36 bits per heavy atom. The Labute approximate surface area is 128 Å². The number of amides is 2. The van der Waals surface area contributed by atoms with Crippen LogP contribution in [0.25, 0.3) is 10.9 Å². The lowest BCUT2D eigenvalue weighted by Gasteiger charge is -2.16. The summed E-state index contributed by atoms with van der Waals surface area (Å²) in [4.78, 5) is 26.2. The van der Waals surface area contributed by atoms with Crippen LogP contribution in [0.2, 0.25) is 0 Å². The minimum atomic E-state index is -1.22. The van der Waals surface area contributed by atoms with E-state index in [0.717, 1.165) is 16.5 Å². The molecule has 116 valence electrons. The number of hydrogen-bond donors (Lipinski definition) is 4. The average molecular weight is 301 g/mol. The summed E-state index contributed by atoms with van der Waals surface area (Å²) in [6, 6.07) is 6.86. The van der Waals surface area contributed by atoms with Crippen LogP contribution >= 0.6 is 0 Å². The van der Waals surface area contributed by atoms with Gasteiger partial charge in [-0.2, -0.15) is 0 Å². The molecular formula is C16H19N3O3. The van der Waals surface area contributed by atoms with Crippen LogP contribution in [-0.4, -0.2) is 34.7 Å². The van der Waals surface area contributed by atoms with Gasteiger partial charge in [0.05, 0.1) is 0 Å². The van der Waals surface area contributed by atoms with Crippen molar-refractivity contribution in [1.82, 2.24) is 15.6 Å². The first-order valence-electron chi connectivity index (χ1n) is 7.05. The van der Waals surface area contributed by atoms with Gasteiger partial charge in [0.1, 0.15) is 6.04 Å². The minimum absolute atomic E-state index is 0.288. The van der Waals surface area contributed by atoms with Gasteiger partial charge in [-0.3, -0.25) is 4.79 Å². The normalized spacial score (nSPS) is 11.8. The molecule has 1 aromatic heterocycles. The van der Waals surface area contributed by atoms with E-state index in [1.165, 1.54) is 0 Å². The zero-order chi connectivity index (χ0) is 15.9. The number of carboxylic acid groups (broad SMARTS) is 1. The highest BCUT2D eigenvalue weighted by Crippen LogP contribution is 2.19. The molecule has 0 aliphatic carbocycles. The molecule has 6 nitrogen and oxygen atoms in total. The van der Waals surface area contributed by atoms with Crippen LogP contribution in [0.1, 0.15) is 12.0 Å². The van der Waals surface area contributed by atoms with E-state index >= 15 is 0 Å². The van der Waals surface area contributed by atoms with Crippen LogP contribution in [-0.2, 0) is 11.2 Å². The van der Waals surface area contributed by atoms with E-state index in [4.69, 9.17) is 5.11 Å². The van der Waals surface area contributed by atoms with Crippen molar-refractivity contribution >= 4 is 22.9 Å². The molecule has 0 aliphatic heterocycles. The van der Waals surface area contributed by atoms with Crippen molar-refractivity contribution in [1.29, 1.82) is 0 Å². The minimum Gasteiger partial charge on any atom is -0.465 e. The van der Waals surface area contributed by atoms with Gasteiger partial charge in [-0.1, -0.05) is 24.3 Å². The molecule has 2 rings (SSSR count). The molecule has 1 aromatic carbocycles. The van der Waals surface area contributed by atoms with E-state index in [0.29, 0.717) is 13.0 Å². The van der Waals surface area contributed by atoms with Crippen molar-refractivity contribution in [2.45, 2.75) is 18.9 Å². The van der Waals surface area contributed by atoms with Gasteiger partial charge in [0.25, 0.3) is 0 Å². The van der Waals surface area contributed by atoms with Gasteiger partial charge in [0.15, 0.2) is 0 Å². The van der Waals surface area contributed by atoms with Crippen LogP contribution in [0.3, 0.4) is 0 Å². The second kappa shape index (κ2) is 7.31. The Morgan fingerprint density at radius 2 is 2.14 bits per heavy atom. The summed E-state index contributed by atoms with van der Waals surface area (Å²) in [7, 11) is 0. The number of para-hydroxylation sites is 1. The van der Waals surface area contributed by atoms with Crippen molar-refractivity contribution in [3.63, 3.8) is 0 Å². The monoisotopic (exact) mass is 301 g/mol. The molecule has 22 heavy (non-hydrogen) atoms. The second-order valence-electron chi connectivity index (χ2n) is 4.93. The SMILES string of the molecule is C=CCCNC(=O)[C@H](Cc1c[nH]c2ccccc12)NC(=O)O. The Kier molecular flexibility index (Phi) is 5.19. The predicted molar refractivity (Wildman–Crippen MR) is 84.8 cm³/mol.